The van der Waals surface area contributed by atoms with Gasteiger partial charge in [0.1, 0.15) is 0 Å². The zero-order chi connectivity index (χ0) is 8.20. The quantitative estimate of drug-likeness (QED) is 0.498. The van der Waals surface area contributed by atoms with E-state index in [2.05, 4.69) is 10.7 Å². The second kappa shape index (κ2) is 3.72. The molecule has 0 aromatic carbocycles. The van der Waals surface area contributed by atoms with Crippen LogP contribution in [0.1, 0.15) is 6.42 Å². The van der Waals surface area contributed by atoms with E-state index >= 15 is 0 Å². The van der Waals surface area contributed by atoms with Crippen molar-refractivity contribution in [1.82, 2.24) is 0 Å². The van der Waals surface area contributed by atoms with E-state index in [1.54, 1.807) is 0 Å². The molecule has 0 amide bonds. The lowest BCUT2D eigenvalue weighted by molar-refractivity contribution is -0.184. The summed E-state index contributed by atoms with van der Waals surface area (Å²) in [5, 5.41) is 0. The highest BCUT2D eigenvalue weighted by Crippen LogP contribution is 2.24. The topological polar surface area (TPSA) is 35.2 Å². The van der Waals surface area contributed by atoms with Gasteiger partial charge in [0.05, 0.1) is 6.61 Å². The molecule has 0 spiro atoms. The summed E-state index contributed by atoms with van der Waals surface area (Å²) in [6.07, 6.45) is -8.38. The fourth-order valence-corrected chi connectivity index (χ4v) is 0.335. The van der Waals surface area contributed by atoms with E-state index in [9.17, 15) is 17.6 Å². The first-order valence-corrected chi connectivity index (χ1v) is 2.51. The molecule has 1 unspecified atom stereocenters. The molecule has 0 aromatic heterocycles. The Bertz CT molecular complexity index is 93.7. The van der Waals surface area contributed by atoms with Gasteiger partial charge >= 0.3 is 6.18 Å². The molecule has 0 aliphatic heterocycles. The number of hydrogen-bond donors (Lipinski definition) is 1. The molecule has 0 bridgehead atoms. The van der Waals surface area contributed by atoms with E-state index in [0.29, 0.717) is 0 Å². The predicted molar refractivity (Wildman–Crippen MR) is 25.7 cm³/mol. The molecular weight excluding hydrogens is 154 g/mol. The third kappa shape index (κ3) is 3.62. The fourth-order valence-electron chi connectivity index (χ4n) is 0.335. The number of nitrogens with two attached hydrogens (primary N) is 1. The van der Waals surface area contributed by atoms with E-state index in [1.165, 1.54) is 0 Å². The Kier molecular flexibility index (Phi) is 3.59. The zero-order valence-electron chi connectivity index (χ0n) is 4.99. The Morgan fingerprint density at radius 3 is 2.20 bits per heavy atom. The van der Waals surface area contributed by atoms with Crippen molar-refractivity contribution in [3.63, 3.8) is 0 Å². The highest BCUT2D eigenvalue weighted by molar-refractivity contribution is 4.64. The number of rotatable bonds is 3. The van der Waals surface area contributed by atoms with E-state index in [-0.39, 0.29) is 0 Å². The summed E-state index contributed by atoms with van der Waals surface area (Å²) in [4.78, 5) is 3.77. The smallest absolute Gasteiger partial charge is 0.305 e. The third-order valence-electron chi connectivity index (χ3n) is 0.844. The number of halogens is 4. The van der Waals surface area contributed by atoms with Gasteiger partial charge in [0.2, 0.25) is 0 Å². The fraction of sp³-hybridized carbons (Fsp3) is 1.00. The summed E-state index contributed by atoms with van der Waals surface area (Å²) in [6, 6.07) is 0. The van der Waals surface area contributed by atoms with Crippen molar-refractivity contribution < 1.29 is 22.4 Å². The van der Waals surface area contributed by atoms with Crippen LogP contribution in [-0.2, 0) is 4.84 Å². The monoisotopic (exact) mass is 161 g/mol. The van der Waals surface area contributed by atoms with E-state index in [0.717, 1.165) is 0 Å². The maximum Gasteiger partial charge on any atom is 0.419 e. The Labute approximate surface area is 54.9 Å². The average Bonchev–Trinajstić information content (AvgIpc) is 1.80. The van der Waals surface area contributed by atoms with Crippen molar-refractivity contribution in [1.29, 1.82) is 0 Å². The Balaban J connectivity index is 3.52. The maximum absolute atomic E-state index is 11.8. The van der Waals surface area contributed by atoms with Crippen LogP contribution in [0.5, 0.6) is 0 Å². The van der Waals surface area contributed by atoms with E-state index in [4.69, 9.17) is 0 Å². The van der Waals surface area contributed by atoms with Crippen LogP contribution in [0.15, 0.2) is 0 Å². The van der Waals surface area contributed by atoms with Crippen molar-refractivity contribution in [2.75, 3.05) is 6.61 Å². The van der Waals surface area contributed by atoms with Gasteiger partial charge in [-0.1, -0.05) is 0 Å². The molecule has 10 heavy (non-hydrogen) atoms. The first-order chi connectivity index (χ1) is 4.48. The molecule has 1 atom stereocenters. The minimum Gasteiger partial charge on any atom is -0.305 e. The average molecular weight is 161 g/mol. The van der Waals surface area contributed by atoms with Gasteiger partial charge in [-0.15, -0.1) is 0 Å². The zero-order valence-corrected chi connectivity index (χ0v) is 4.99. The summed E-state index contributed by atoms with van der Waals surface area (Å²) < 4.78 is 45.7. The summed E-state index contributed by atoms with van der Waals surface area (Å²) in [6.45, 7) is -0.430. The minimum atomic E-state index is -4.79. The molecule has 0 rings (SSSR count). The molecule has 2 nitrogen and oxygen atoms in total. The summed E-state index contributed by atoms with van der Waals surface area (Å²) in [5.74, 6) is 4.39. The Hall–Kier alpha value is -0.360. The normalized spacial score (nSPS) is 15.3. The lowest BCUT2D eigenvalue weighted by atomic mass is 10.3. The van der Waals surface area contributed by atoms with Crippen molar-refractivity contribution in [3.05, 3.63) is 0 Å². The highest BCUT2D eigenvalue weighted by Gasteiger charge is 2.39. The van der Waals surface area contributed by atoms with Gasteiger partial charge in [-0.05, 0) is 0 Å². The maximum atomic E-state index is 11.8. The number of alkyl halides is 4. The van der Waals surface area contributed by atoms with Crippen molar-refractivity contribution in [2.24, 2.45) is 5.90 Å². The summed E-state index contributed by atoms with van der Waals surface area (Å²) in [7, 11) is 0. The Morgan fingerprint density at radius 2 is 1.90 bits per heavy atom. The van der Waals surface area contributed by atoms with Crippen LogP contribution in [0.4, 0.5) is 17.6 Å². The third-order valence-corrected chi connectivity index (χ3v) is 0.844. The van der Waals surface area contributed by atoms with Crippen LogP contribution in [-0.4, -0.2) is 19.0 Å². The Morgan fingerprint density at radius 1 is 1.40 bits per heavy atom. The van der Waals surface area contributed by atoms with Gasteiger partial charge in [-0.3, -0.25) is 0 Å². The SMILES string of the molecule is NOCCC(F)C(F)(F)F. The molecule has 0 fully saturated rings. The van der Waals surface area contributed by atoms with Crippen molar-refractivity contribution in [3.8, 4) is 0 Å². The van der Waals surface area contributed by atoms with Gasteiger partial charge < -0.3 is 4.84 Å². The second-order valence-corrected chi connectivity index (χ2v) is 1.67. The van der Waals surface area contributed by atoms with Gasteiger partial charge in [0.25, 0.3) is 0 Å². The molecule has 6 heteroatoms. The molecule has 0 heterocycles. The van der Waals surface area contributed by atoms with Crippen LogP contribution in [0.25, 0.3) is 0 Å². The standard InChI is InChI=1S/C4H7F4NO/c5-3(1-2-10-9)4(6,7)8/h3H,1-2,9H2. The van der Waals surface area contributed by atoms with Gasteiger partial charge in [-0.25, -0.2) is 10.3 Å². The first-order valence-electron chi connectivity index (χ1n) is 2.51. The van der Waals surface area contributed by atoms with Crippen LogP contribution >= 0.6 is 0 Å². The highest BCUT2D eigenvalue weighted by atomic mass is 19.4. The van der Waals surface area contributed by atoms with E-state index < -0.39 is 25.4 Å². The minimum absolute atomic E-state index is 0.430. The second-order valence-electron chi connectivity index (χ2n) is 1.67. The summed E-state index contributed by atoms with van der Waals surface area (Å²) >= 11 is 0. The van der Waals surface area contributed by atoms with E-state index in [1.807, 2.05) is 0 Å². The molecule has 0 aliphatic carbocycles. The molecule has 0 saturated carbocycles. The first kappa shape index (κ1) is 9.64. The van der Waals surface area contributed by atoms with Crippen LogP contribution in [0.3, 0.4) is 0 Å². The van der Waals surface area contributed by atoms with Crippen LogP contribution in [0.2, 0.25) is 0 Å². The lowest BCUT2D eigenvalue weighted by Gasteiger charge is -2.10. The van der Waals surface area contributed by atoms with Crippen molar-refractivity contribution in [2.45, 2.75) is 18.8 Å². The largest absolute Gasteiger partial charge is 0.419 e. The van der Waals surface area contributed by atoms with Gasteiger partial charge in [0, 0.05) is 6.42 Å². The van der Waals surface area contributed by atoms with Gasteiger partial charge in [-0.2, -0.15) is 13.2 Å². The van der Waals surface area contributed by atoms with Gasteiger partial charge in [0.15, 0.2) is 6.17 Å². The van der Waals surface area contributed by atoms with Crippen LogP contribution < -0.4 is 5.90 Å². The predicted octanol–water partition coefficient (Wildman–Crippen LogP) is 1.17. The molecule has 0 saturated heterocycles. The number of hydrogen-bond acceptors (Lipinski definition) is 2. The molecule has 62 valence electrons. The molecule has 2 N–H and O–H groups in total. The van der Waals surface area contributed by atoms with Crippen molar-refractivity contribution >= 4 is 0 Å². The molecule has 0 aromatic rings. The van der Waals surface area contributed by atoms with Crippen LogP contribution in [0, 0.1) is 0 Å². The molecule has 0 aliphatic rings. The lowest BCUT2D eigenvalue weighted by Crippen LogP contribution is -2.26. The molecule has 0 radical (unpaired) electrons. The molecular formula is C4H7F4NO. The summed E-state index contributed by atoms with van der Waals surface area (Å²) in [5.41, 5.74) is 0.